The van der Waals surface area contributed by atoms with Crippen molar-refractivity contribution in [2.24, 2.45) is 0 Å². The van der Waals surface area contributed by atoms with Crippen LogP contribution in [-0.2, 0) is 9.53 Å². The van der Waals surface area contributed by atoms with Gasteiger partial charge in [0.15, 0.2) is 5.13 Å². The lowest BCUT2D eigenvalue weighted by Crippen LogP contribution is -2.33. The number of ether oxygens (including phenoxy) is 1. The molecule has 0 N–H and O–H groups in total. The molecule has 2 rings (SSSR count). The van der Waals surface area contributed by atoms with Gasteiger partial charge in [-0.3, -0.25) is 9.69 Å². The second kappa shape index (κ2) is 8.62. The van der Waals surface area contributed by atoms with Gasteiger partial charge in [-0.25, -0.2) is 4.98 Å². The van der Waals surface area contributed by atoms with Gasteiger partial charge >= 0.3 is 0 Å². The first-order valence-electron chi connectivity index (χ1n) is 6.72. The summed E-state index contributed by atoms with van der Waals surface area (Å²) >= 11 is 10.6. The zero-order chi connectivity index (χ0) is 15.9. The van der Waals surface area contributed by atoms with Crippen LogP contribution in [0.25, 0.3) is 11.3 Å². The molecule has 7 heteroatoms. The van der Waals surface area contributed by atoms with Crippen molar-refractivity contribution in [3.8, 4) is 11.3 Å². The van der Waals surface area contributed by atoms with Crippen LogP contribution in [0.1, 0.15) is 6.42 Å². The maximum Gasteiger partial charge on any atom is 0.243 e. The summed E-state index contributed by atoms with van der Waals surface area (Å²) in [4.78, 5) is 18.2. The first-order valence-corrected chi connectivity index (χ1v) is 8.93. The van der Waals surface area contributed by atoms with Crippen LogP contribution in [0.5, 0.6) is 0 Å². The van der Waals surface area contributed by atoms with Gasteiger partial charge in [-0.15, -0.1) is 22.9 Å². The van der Waals surface area contributed by atoms with Gasteiger partial charge in [0.1, 0.15) is 5.88 Å². The molecule has 0 atom stereocenters. The van der Waals surface area contributed by atoms with Gasteiger partial charge in [0.2, 0.25) is 5.91 Å². The van der Waals surface area contributed by atoms with Gasteiger partial charge in [-0.2, -0.15) is 0 Å². The number of benzene rings is 1. The van der Waals surface area contributed by atoms with Gasteiger partial charge in [0.05, 0.1) is 5.69 Å². The summed E-state index contributed by atoms with van der Waals surface area (Å²) in [6.07, 6.45) is 0.742. The van der Waals surface area contributed by atoms with Crippen LogP contribution in [0.2, 0.25) is 0 Å². The largest absolute Gasteiger partial charge is 0.385 e. The third-order valence-corrected chi connectivity index (χ3v) is 4.63. The highest BCUT2D eigenvalue weighted by Crippen LogP contribution is 2.28. The topological polar surface area (TPSA) is 42.4 Å². The lowest BCUT2D eigenvalue weighted by atomic mass is 10.2. The van der Waals surface area contributed by atoms with Crippen LogP contribution in [-0.4, -0.2) is 37.0 Å². The number of rotatable bonds is 7. The van der Waals surface area contributed by atoms with Crippen molar-refractivity contribution in [3.05, 3.63) is 34.1 Å². The second-order valence-corrected chi connectivity index (χ2v) is 6.57. The highest BCUT2D eigenvalue weighted by atomic mass is 79.9. The highest BCUT2D eigenvalue weighted by Gasteiger charge is 2.18. The molecule has 1 aromatic heterocycles. The standard InChI is InChI=1S/C15H16BrClN2O2S/c1-21-8-2-7-19(14(20)9-17)15-18-13(10-22-15)11-3-5-12(16)6-4-11/h3-6,10H,2,7-9H2,1H3. The maximum atomic E-state index is 12.0. The number of amides is 1. The normalized spacial score (nSPS) is 10.7. The minimum absolute atomic E-state index is 0.0554. The molecule has 0 aliphatic heterocycles. The number of anilines is 1. The Hall–Kier alpha value is -0.950. The lowest BCUT2D eigenvalue weighted by molar-refractivity contribution is -0.116. The first kappa shape index (κ1) is 17.4. The molecule has 0 bridgehead atoms. The number of hydrogen-bond donors (Lipinski definition) is 0. The van der Waals surface area contributed by atoms with Gasteiger partial charge in [0, 0.05) is 35.7 Å². The van der Waals surface area contributed by atoms with Crippen molar-refractivity contribution >= 4 is 49.9 Å². The molecule has 0 saturated carbocycles. The summed E-state index contributed by atoms with van der Waals surface area (Å²) in [6.45, 7) is 1.14. The molecular formula is C15H16BrClN2O2S. The van der Waals surface area contributed by atoms with E-state index in [4.69, 9.17) is 16.3 Å². The average Bonchev–Trinajstić information content (AvgIpc) is 3.01. The lowest BCUT2D eigenvalue weighted by Gasteiger charge is -2.18. The van der Waals surface area contributed by atoms with Crippen molar-refractivity contribution in [2.75, 3.05) is 31.0 Å². The minimum Gasteiger partial charge on any atom is -0.385 e. The summed E-state index contributed by atoms with van der Waals surface area (Å²) in [5, 5.41) is 2.61. The number of methoxy groups -OCH3 is 1. The van der Waals surface area contributed by atoms with Crippen LogP contribution in [0.3, 0.4) is 0 Å². The number of thiazole rings is 1. The van der Waals surface area contributed by atoms with Crippen molar-refractivity contribution in [2.45, 2.75) is 6.42 Å². The molecule has 0 aliphatic rings. The number of halogens is 2. The Balaban J connectivity index is 2.18. The van der Waals surface area contributed by atoms with Gasteiger partial charge in [-0.05, 0) is 18.6 Å². The Bertz CT molecular complexity index is 618. The molecule has 0 unspecified atom stereocenters. The Morgan fingerprint density at radius 2 is 2.14 bits per heavy atom. The summed E-state index contributed by atoms with van der Waals surface area (Å²) in [5.41, 5.74) is 1.87. The molecule has 1 heterocycles. The van der Waals surface area contributed by atoms with E-state index in [1.165, 1.54) is 11.3 Å². The molecule has 4 nitrogen and oxygen atoms in total. The molecule has 22 heavy (non-hydrogen) atoms. The highest BCUT2D eigenvalue weighted by molar-refractivity contribution is 9.10. The number of aromatic nitrogens is 1. The van der Waals surface area contributed by atoms with Crippen molar-refractivity contribution in [3.63, 3.8) is 0 Å². The van der Waals surface area contributed by atoms with E-state index in [9.17, 15) is 4.79 Å². The fraction of sp³-hybridized carbons (Fsp3) is 0.333. The van der Waals surface area contributed by atoms with E-state index in [1.807, 2.05) is 29.6 Å². The predicted octanol–water partition coefficient (Wildman–Crippen LogP) is 4.18. The van der Waals surface area contributed by atoms with Gasteiger partial charge in [-0.1, -0.05) is 28.1 Å². The van der Waals surface area contributed by atoms with Crippen LogP contribution in [0.15, 0.2) is 34.1 Å². The summed E-state index contributed by atoms with van der Waals surface area (Å²) < 4.78 is 6.05. The average molecular weight is 404 g/mol. The van der Waals surface area contributed by atoms with Crippen LogP contribution < -0.4 is 4.90 Å². The first-order chi connectivity index (χ1) is 10.7. The summed E-state index contributed by atoms with van der Waals surface area (Å²) in [5.74, 6) is -0.199. The van der Waals surface area contributed by atoms with Crippen LogP contribution in [0.4, 0.5) is 5.13 Å². The Morgan fingerprint density at radius 3 is 2.77 bits per heavy atom. The molecule has 0 fully saturated rings. The van der Waals surface area contributed by atoms with E-state index in [0.717, 1.165) is 22.2 Å². The molecule has 1 aromatic carbocycles. The van der Waals surface area contributed by atoms with E-state index < -0.39 is 0 Å². The Kier molecular flexibility index (Phi) is 6.82. The van der Waals surface area contributed by atoms with E-state index in [1.54, 1.807) is 12.0 Å². The zero-order valence-corrected chi connectivity index (χ0v) is 15.2. The van der Waals surface area contributed by atoms with Crippen molar-refractivity contribution in [1.82, 2.24) is 4.98 Å². The second-order valence-electron chi connectivity index (χ2n) is 4.55. The molecule has 2 aromatic rings. The van der Waals surface area contributed by atoms with E-state index in [-0.39, 0.29) is 11.8 Å². The summed E-state index contributed by atoms with van der Waals surface area (Å²) in [7, 11) is 1.64. The SMILES string of the molecule is COCCCN(C(=O)CCl)c1nc(-c2ccc(Br)cc2)cs1. The number of carbonyl (C=O) groups excluding carboxylic acids is 1. The fourth-order valence-corrected chi connectivity index (χ4v) is 3.19. The number of alkyl halides is 1. The number of nitrogens with zero attached hydrogens (tertiary/aromatic N) is 2. The van der Waals surface area contributed by atoms with Crippen molar-refractivity contribution in [1.29, 1.82) is 0 Å². The maximum absolute atomic E-state index is 12.0. The molecular weight excluding hydrogens is 388 g/mol. The Morgan fingerprint density at radius 1 is 1.41 bits per heavy atom. The van der Waals surface area contributed by atoms with Crippen molar-refractivity contribution < 1.29 is 9.53 Å². The van der Waals surface area contributed by atoms with Gasteiger partial charge < -0.3 is 4.74 Å². The number of hydrogen-bond acceptors (Lipinski definition) is 4. The van der Waals surface area contributed by atoms with E-state index >= 15 is 0 Å². The molecule has 1 amide bonds. The Labute approximate surface area is 147 Å². The molecule has 0 aliphatic carbocycles. The fourth-order valence-electron chi connectivity index (χ4n) is 1.91. The third kappa shape index (κ3) is 4.52. The van der Waals surface area contributed by atoms with Gasteiger partial charge in [0.25, 0.3) is 0 Å². The molecule has 0 spiro atoms. The quantitative estimate of drug-likeness (QED) is 0.514. The minimum atomic E-state index is -0.144. The molecule has 0 saturated heterocycles. The van der Waals surface area contributed by atoms with E-state index in [0.29, 0.717) is 18.3 Å². The smallest absolute Gasteiger partial charge is 0.243 e. The molecule has 118 valence electrons. The monoisotopic (exact) mass is 402 g/mol. The molecule has 0 radical (unpaired) electrons. The zero-order valence-electron chi connectivity index (χ0n) is 12.1. The number of carbonyl (C=O) groups is 1. The van der Waals surface area contributed by atoms with E-state index in [2.05, 4.69) is 20.9 Å². The predicted molar refractivity (Wildman–Crippen MR) is 94.8 cm³/mol. The van der Waals surface area contributed by atoms with Crippen LogP contribution in [0, 0.1) is 0 Å². The van der Waals surface area contributed by atoms with Crippen LogP contribution >= 0.6 is 38.9 Å². The summed E-state index contributed by atoms with van der Waals surface area (Å²) in [6, 6.07) is 7.91. The third-order valence-electron chi connectivity index (χ3n) is 3.01.